The molecule has 3 aliphatic carbocycles. The molecule has 0 unspecified atom stereocenters. The highest BCUT2D eigenvalue weighted by molar-refractivity contribution is 6.03. The minimum Gasteiger partial charge on any atom is -0.392 e. The van der Waals surface area contributed by atoms with Gasteiger partial charge in [-0.3, -0.25) is 4.79 Å². The molecular weight excluding hydrogens is 348 g/mol. The van der Waals surface area contributed by atoms with E-state index in [-0.39, 0.29) is 29.5 Å². The average Bonchev–Trinajstić information content (AvgIpc) is 3.14. The lowest BCUT2D eigenvalue weighted by atomic mass is 9.65. The molecule has 4 aliphatic rings. The van der Waals surface area contributed by atoms with Gasteiger partial charge in [0.25, 0.3) is 0 Å². The third-order valence-corrected chi connectivity index (χ3v) is 8.20. The lowest BCUT2D eigenvalue weighted by molar-refractivity contribution is -0.115. The Kier molecular flexibility index (Phi) is 4.99. The topological polar surface area (TPSA) is 46.5 Å². The van der Waals surface area contributed by atoms with Gasteiger partial charge in [-0.25, -0.2) is 0 Å². The Labute approximate surface area is 169 Å². The molecule has 0 aromatic heterocycles. The second-order valence-corrected chi connectivity index (χ2v) is 10.4. The maximum absolute atomic E-state index is 12.7. The van der Waals surface area contributed by atoms with Crippen molar-refractivity contribution in [2.45, 2.75) is 84.8 Å². The summed E-state index contributed by atoms with van der Waals surface area (Å²) in [6, 6.07) is 0. The van der Waals surface area contributed by atoms with Gasteiger partial charge in [-0.1, -0.05) is 44.1 Å². The first kappa shape index (κ1) is 20.1. The van der Waals surface area contributed by atoms with Crippen LogP contribution in [0.2, 0.25) is 0 Å². The molecule has 0 radical (unpaired) electrons. The van der Waals surface area contributed by atoms with E-state index in [1.54, 1.807) is 0 Å². The maximum atomic E-state index is 12.7. The van der Waals surface area contributed by atoms with Gasteiger partial charge in [-0.2, -0.15) is 0 Å². The second-order valence-electron chi connectivity index (χ2n) is 10.4. The van der Waals surface area contributed by atoms with Gasteiger partial charge in [0.15, 0.2) is 5.78 Å². The van der Waals surface area contributed by atoms with E-state index in [0.29, 0.717) is 24.2 Å². The van der Waals surface area contributed by atoms with Crippen LogP contribution >= 0.6 is 0 Å². The number of hydrogen-bond acceptors (Lipinski definition) is 3. The largest absolute Gasteiger partial charge is 0.392 e. The fourth-order valence-corrected chi connectivity index (χ4v) is 6.83. The zero-order valence-electron chi connectivity index (χ0n) is 18.2. The van der Waals surface area contributed by atoms with Crippen molar-refractivity contribution < 1.29 is 14.6 Å². The molecule has 0 bridgehead atoms. The van der Waals surface area contributed by atoms with Crippen LogP contribution in [0.15, 0.2) is 34.4 Å². The third kappa shape index (κ3) is 2.97. The lowest BCUT2D eigenvalue weighted by Gasteiger charge is -2.43. The van der Waals surface area contributed by atoms with E-state index >= 15 is 0 Å². The minimum atomic E-state index is -0.0770. The number of carbonyl (C=O) groups is 1. The fraction of sp³-hybridized carbons (Fsp3) is 0.720. The van der Waals surface area contributed by atoms with Crippen molar-refractivity contribution in [3.05, 3.63) is 34.4 Å². The van der Waals surface area contributed by atoms with Crippen LogP contribution in [0.3, 0.4) is 0 Å². The number of hydrogen-bond donors (Lipinski definition) is 1. The lowest BCUT2D eigenvalue weighted by Crippen LogP contribution is -2.43. The first-order valence-electron chi connectivity index (χ1n) is 11.1. The van der Waals surface area contributed by atoms with Gasteiger partial charge in [-0.15, -0.1) is 0 Å². The molecule has 3 nitrogen and oxygen atoms in total. The normalized spacial score (nSPS) is 44.8. The Bertz CT molecular complexity index is 769. The Balaban J connectivity index is 1.73. The minimum absolute atomic E-state index is 0.0372. The Hall–Kier alpha value is -1.19. The van der Waals surface area contributed by atoms with Crippen molar-refractivity contribution in [2.75, 3.05) is 6.61 Å². The van der Waals surface area contributed by atoms with Crippen LogP contribution in [0.25, 0.3) is 0 Å². The predicted molar refractivity (Wildman–Crippen MR) is 112 cm³/mol. The van der Waals surface area contributed by atoms with E-state index in [0.717, 1.165) is 43.3 Å². The summed E-state index contributed by atoms with van der Waals surface area (Å²) >= 11 is 0. The van der Waals surface area contributed by atoms with Crippen LogP contribution in [-0.4, -0.2) is 29.2 Å². The summed E-state index contributed by atoms with van der Waals surface area (Å²) in [5.74, 6) is 1.49. The highest BCUT2D eigenvalue weighted by atomic mass is 16.5. The zero-order chi connectivity index (χ0) is 20.3. The van der Waals surface area contributed by atoms with E-state index in [1.807, 2.05) is 0 Å². The average molecular weight is 385 g/mol. The Morgan fingerprint density at radius 1 is 1.32 bits per heavy atom. The van der Waals surface area contributed by atoms with Crippen LogP contribution in [0.4, 0.5) is 0 Å². The predicted octanol–water partition coefficient (Wildman–Crippen LogP) is 5.15. The van der Waals surface area contributed by atoms with E-state index < -0.39 is 0 Å². The molecule has 1 N–H and O–H groups in total. The van der Waals surface area contributed by atoms with Crippen molar-refractivity contribution >= 4 is 5.78 Å². The maximum Gasteiger partial charge on any atom is 0.163 e. The SMILES string of the molecule is CC(C)=C[C@H]1C[C@H](C)[C@]2(CC[C@]3(C)CC4=C(C(=O)C[C@H]4C)/C(CO)=C\C[C@H]32)O1. The van der Waals surface area contributed by atoms with Crippen LogP contribution < -0.4 is 0 Å². The van der Waals surface area contributed by atoms with E-state index in [9.17, 15) is 9.90 Å². The smallest absolute Gasteiger partial charge is 0.163 e. The number of ether oxygens (including phenoxy) is 1. The van der Waals surface area contributed by atoms with Crippen LogP contribution in [0, 0.1) is 23.2 Å². The van der Waals surface area contributed by atoms with Gasteiger partial charge in [0.1, 0.15) is 0 Å². The zero-order valence-corrected chi connectivity index (χ0v) is 18.2. The number of ketones is 1. The Morgan fingerprint density at radius 2 is 2.07 bits per heavy atom. The fourth-order valence-electron chi connectivity index (χ4n) is 6.83. The van der Waals surface area contributed by atoms with Crippen molar-refractivity contribution in [3.63, 3.8) is 0 Å². The summed E-state index contributed by atoms with van der Waals surface area (Å²) in [4.78, 5) is 12.7. The van der Waals surface area contributed by atoms with E-state index in [4.69, 9.17) is 4.74 Å². The van der Waals surface area contributed by atoms with E-state index in [2.05, 4.69) is 46.8 Å². The Morgan fingerprint density at radius 3 is 2.75 bits per heavy atom. The van der Waals surface area contributed by atoms with Gasteiger partial charge >= 0.3 is 0 Å². The van der Waals surface area contributed by atoms with Gasteiger partial charge < -0.3 is 9.84 Å². The molecule has 3 heteroatoms. The molecule has 0 aromatic carbocycles. The van der Waals surface area contributed by atoms with Crippen LogP contribution in [0.5, 0.6) is 0 Å². The van der Waals surface area contributed by atoms with Crippen molar-refractivity contribution in [1.29, 1.82) is 0 Å². The number of rotatable bonds is 2. The van der Waals surface area contributed by atoms with Gasteiger partial charge in [0.05, 0.1) is 18.3 Å². The standard InChI is InChI=1S/C25H36O3/c1-15(2)10-19-12-17(4)25(28-19)9-8-24(5)13-20-16(3)11-21(27)23(20)18(14-26)6-7-22(24)25/h6,10,16-17,19,22,26H,7-9,11-14H2,1-5H3/b18-6-/t16-,17+,19+,22-,24-,25+/m1/s1. The number of aliphatic hydroxyl groups is 1. The summed E-state index contributed by atoms with van der Waals surface area (Å²) in [7, 11) is 0. The highest BCUT2D eigenvalue weighted by Crippen LogP contribution is 2.63. The number of carbonyl (C=O) groups excluding carboxylic acids is 1. The highest BCUT2D eigenvalue weighted by Gasteiger charge is 2.61. The molecule has 2 fully saturated rings. The van der Waals surface area contributed by atoms with Crippen molar-refractivity contribution in [1.82, 2.24) is 0 Å². The molecule has 1 saturated heterocycles. The number of fused-ring (bicyclic) bond motifs is 2. The summed E-state index contributed by atoms with van der Waals surface area (Å²) in [5, 5.41) is 10.0. The van der Waals surface area contributed by atoms with Gasteiger partial charge in [-0.05, 0) is 74.7 Å². The quantitative estimate of drug-likeness (QED) is 0.670. The molecule has 1 heterocycles. The molecule has 1 saturated carbocycles. The number of Topliss-reactive ketones (excluding diaryl/α,β-unsaturated/α-hetero) is 1. The number of allylic oxidation sites excluding steroid dienone is 3. The second kappa shape index (κ2) is 6.95. The van der Waals surface area contributed by atoms with Crippen LogP contribution in [-0.2, 0) is 9.53 Å². The summed E-state index contributed by atoms with van der Waals surface area (Å²) in [6.45, 7) is 11.2. The molecule has 154 valence electrons. The monoisotopic (exact) mass is 384 g/mol. The summed E-state index contributed by atoms with van der Waals surface area (Å²) < 4.78 is 6.84. The first-order chi connectivity index (χ1) is 13.2. The van der Waals surface area contributed by atoms with Crippen molar-refractivity contribution in [2.24, 2.45) is 23.2 Å². The molecule has 1 aliphatic heterocycles. The molecule has 28 heavy (non-hydrogen) atoms. The molecule has 1 spiro atoms. The van der Waals surface area contributed by atoms with Gasteiger partial charge in [0, 0.05) is 12.0 Å². The molecule has 4 rings (SSSR count). The summed E-state index contributed by atoms with van der Waals surface area (Å²) in [5.41, 5.74) is 4.42. The van der Waals surface area contributed by atoms with E-state index in [1.165, 1.54) is 11.1 Å². The number of aliphatic hydroxyl groups excluding tert-OH is 1. The summed E-state index contributed by atoms with van der Waals surface area (Å²) in [6.07, 6.45) is 10.5. The molecule has 0 aromatic rings. The molecular formula is C25H36O3. The third-order valence-electron chi connectivity index (χ3n) is 8.20. The van der Waals surface area contributed by atoms with Gasteiger partial charge in [0.2, 0.25) is 0 Å². The molecule has 0 amide bonds. The van der Waals surface area contributed by atoms with Crippen LogP contribution in [0.1, 0.15) is 73.1 Å². The first-order valence-corrected chi connectivity index (χ1v) is 11.1. The molecule has 6 atom stereocenters. The van der Waals surface area contributed by atoms with Crippen molar-refractivity contribution in [3.8, 4) is 0 Å².